The minimum atomic E-state index is -4.28. The molecule has 0 aliphatic heterocycles. The number of halogens is 3. The largest absolute Gasteiger partial charge is 0.464 e. The Labute approximate surface area is 99.1 Å². The number of methoxy groups -OCH3 is 1. The zero-order chi connectivity index (χ0) is 13.1. The maximum atomic E-state index is 11.9. The first kappa shape index (κ1) is 13.7. The second-order valence-corrected chi connectivity index (χ2v) is 4.12. The summed E-state index contributed by atoms with van der Waals surface area (Å²) in [5, 5.41) is 0. The van der Waals surface area contributed by atoms with E-state index < -0.39 is 11.5 Å². The number of hydrogen-bond acceptors (Lipinski definition) is 5. The van der Waals surface area contributed by atoms with Crippen molar-refractivity contribution in [3.8, 4) is 0 Å². The van der Waals surface area contributed by atoms with Gasteiger partial charge in [0.1, 0.15) is 5.82 Å². The van der Waals surface area contributed by atoms with Crippen molar-refractivity contribution in [2.45, 2.75) is 12.1 Å². The van der Waals surface area contributed by atoms with Gasteiger partial charge in [0.25, 0.3) is 0 Å². The van der Waals surface area contributed by atoms with Gasteiger partial charge in [-0.3, -0.25) is 0 Å². The molecule has 5 nitrogen and oxygen atoms in total. The standard InChI is InChI=1S/C8H10F3N3O2S/c1-16-7(15)5-6(12)14(4-13-5)2-3-17-8(9,10)11/h4H,2-3,12H2,1H3. The molecule has 0 aliphatic carbocycles. The van der Waals surface area contributed by atoms with Crippen LogP contribution in [0.1, 0.15) is 10.5 Å². The third-order valence-corrected chi connectivity index (χ3v) is 2.57. The van der Waals surface area contributed by atoms with Gasteiger partial charge in [-0.1, -0.05) is 0 Å². The van der Waals surface area contributed by atoms with Crippen molar-refractivity contribution in [1.82, 2.24) is 9.55 Å². The van der Waals surface area contributed by atoms with Gasteiger partial charge >= 0.3 is 11.5 Å². The fraction of sp³-hybridized carbons (Fsp3) is 0.500. The van der Waals surface area contributed by atoms with E-state index in [9.17, 15) is 18.0 Å². The van der Waals surface area contributed by atoms with Crippen LogP contribution in [0.2, 0.25) is 0 Å². The number of esters is 1. The Kier molecular flexibility index (Phi) is 4.27. The van der Waals surface area contributed by atoms with Gasteiger partial charge in [0.2, 0.25) is 0 Å². The summed E-state index contributed by atoms with van der Waals surface area (Å²) in [6.45, 7) is 0.0139. The van der Waals surface area contributed by atoms with Crippen LogP contribution in [-0.2, 0) is 11.3 Å². The maximum absolute atomic E-state index is 11.9. The van der Waals surface area contributed by atoms with Crippen LogP contribution in [0, 0.1) is 0 Å². The van der Waals surface area contributed by atoms with Crippen molar-refractivity contribution in [1.29, 1.82) is 0 Å². The number of ether oxygens (including phenoxy) is 1. The number of carbonyl (C=O) groups is 1. The van der Waals surface area contributed by atoms with E-state index in [4.69, 9.17) is 5.73 Å². The number of nitrogens with zero attached hydrogens (tertiary/aromatic N) is 2. The van der Waals surface area contributed by atoms with E-state index in [1.165, 1.54) is 18.0 Å². The quantitative estimate of drug-likeness (QED) is 0.839. The van der Waals surface area contributed by atoms with Crippen LogP contribution in [-0.4, -0.2) is 33.9 Å². The van der Waals surface area contributed by atoms with Crippen molar-refractivity contribution < 1.29 is 22.7 Å². The number of alkyl halides is 3. The smallest absolute Gasteiger partial charge is 0.441 e. The second-order valence-electron chi connectivity index (χ2n) is 2.96. The van der Waals surface area contributed by atoms with E-state index in [0.29, 0.717) is 0 Å². The maximum Gasteiger partial charge on any atom is 0.441 e. The van der Waals surface area contributed by atoms with Crippen LogP contribution in [0.25, 0.3) is 0 Å². The van der Waals surface area contributed by atoms with Crippen molar-refractivity contribution in [2.24, 2.45) is 0 Å². The molecule has 0 spiro atoms. The minimum absolute atomic E-state index is 0.000348. The van der Waals surface area contributed by atoms with E-state index in [2.05, 4.69) is 9.72 Å². The number of imidazole rings is 1. The summed E-state index contributed by atoms with van der Waals surface area (Å²) in [7, 11) is 1.17. The average Bonchev–Trinajstić information content (AvgIpc) is 2.58. The second kappa shape index (κ2) is 5.30. The molecule has 1 rings (SSSR count). The molecular formula is C8H10F3N3O2S. The molecule has 0 saturated heterocycles. The molecule has 1 aromatic heterocycles. The predicted octanol–water partition coefficient (Wildman–Crippen LogP) is 1.50. The summed E-state index contributed by atoms with van der Waals surface area (Å²) < 4.78 is 41.3. The normalized spacial score (nSPS) is 11.5. The van der Waals surface area contributed by atoms with Crippen molar-refractivity contribution in [2.75, 3.05) is 18.6 Å². The number of anilines is 1. The molecule has 0 aliphatic rings. The molecule has 0 bridgehead atoms. The van der Waals surface area contributed by atoms with Gasteiger partial charge in [-0.05, 0) is 11.8 Å². The van der Waals surface area contributed by atoms with Gasteiger partial charge in [0, 0.05) is 12.3 Å². The number of nitrogens with two attached hydrogens (primary N) is 1. The zero-order valence-electron chi connectivity index (χ0n) is 8.82. The lowest BCUT2D eigenvalue weighted by Crippen LogP contribution is -2.10. The number of aromatic nitrogens is 2. The zero-order valence-corrected chi connectivity index (χ0v) is 9.64. The summed E-state index contributed by atoms with van der Waals surface area (Å²) in [4.78, 5) is 14.8. The van der Waals surface area contributed by atoms with Crippen LogP contribution >= 0.6 is 11.8 Å². The first-order valence-corrected chi connectivity index (χ1v) is 5.43. The summed E-state index contributed by atoms with van der Waals surface area (Å²) in [6, 6.07) is 0. The fourth-order valence-corrected chi connectivity index (χ4v) is 1.60. The predicted molar refractivity (Wildman–Crippen MR) is 56.5 cm³/mol. The third-order valence-electron chi connectivity index (χ3n) is 1.85. The van der Waals surface area contributed by atoms with E-state index in [1.54, 1.807) is 0 Å². The summed E-state index contributed by atoms with van der Waals surface area (Å²) in [5.74, 6) is -0.922. The molecule has 0 radical (unpaired) electrons. The van der Waals surface area contributed by atoms with E-state index in [0.717, 1.165) is 0 Å². The lowest BCUT2D eigenvalue weighted by molar-refractivity contribution is -0.0328. The molecule has 0 unspecified atom stereocenters. The van der Waals surface area contributed by atoms with Gasteiger partial charge in [-0.15, -0.1) is 0 Å². The Morgan fingerprint density at radius 3 is 2.82 bits per heavy atom. The molecule has 1 heterocycles. The average molecular weight is 269 g/mol. The molecule has 0 atom stereocenters. The number of carbonyl (C=O) groups excluding carboxylic acids is 1. The highest BCUT2D eigenvalue weighted by molar-refractivity contribution is 8.00. The number of aryl methyl sites for hydroxylation is 1. The molecule has 0 aromatic carbocycles. The van der Waals surface area contributed by atoms with Crippen LogP contribution < -0.4 is 5.73 Å². The third kappa shape index (κ3) is 3.84. The summed E-state index contributed by atoms with van der Waals surface area (Å²) in [5.41, 5.74) is 1.17. The lowest BCUT2D eigenvalue weighted by Gasteiger charge is -2.07. The molecular weight excluding hydrogens is 259 g/mol. The molecule has 2 N–H and O–H groups in total. The van der Waals surface area contributed by atoms with Crippen LogP contribution in [0.15, 0.2) is 6.33 Å². The van der Waals surface area contributed by atoms with Gasteiger partial charge in [0.05, 0.1) is 13.4 Å². The van der Waals surface area contributed by atoms with Gasteiger partial charge < -0.3 is 15.0 Å². The minimum Gasteiger partial charge on any atom is -0.464 e. The summed E-state index contributed by atoms with van der Waals surface area (Å²) >= 11 is -0.160. The Balaban J connectivity index is 2.62. The van der Waals surface area contributed by atoms with Crippen LogP contribution in [0.4, 0.5) is 19.0 Å². The van der Waals surface area contributed by atoms with E-state index >= 15 is 0 Å². The molecule has 0 fully saturated rings. The number of rotatable bonds is 4. The number of thioether (sulfide) groups is 1. The highest BCUT2D eigenvalue weighted by Crippen LogP contribution is 2.30. The van der Waals surface area contributed by atoms with Crippen molar-refractivity contribution >= 4 is 23.5 Å². The van der Waals surface area contributed by atoms with E-state index in [-0.39, 0.29) is 35.6 Å². The number of hydrogen-bond donors (Lipinski definition) is 1. The number of nitrogen functional groups attached to an aromatic ring is 1. The van der Waals surface area contributed by atoms with Gasteiger partial charge in [-0.2, -0.15) is 13.2 Å². The SMILES string of the molecule is COC(=O)c1ncn(CCSC(F)(F)F)c1N. The first-order chi connectivity index (χ1) is 7.85. The van der Waals surface area contributed by atoms with Gasteiger partial charge in [0.15, 0.2) is 5.69 Å². The molecule has 0 amide bonds. The van der Waals surface area contributed by atoms with Crippen molar-refractivity contribution in [3.05, 3.63) is 12.0 Å². The Bertz CT molecular complexity index is 405. The Hall–Kier alpha value is -1.38. The topological polar surface area (TPSA) is 70.1 Å². The lowest BCUT2D eigenvalue weighted by atomic mass is 10.4. The Morgan fingerprint density at radius 1 is 1.65 bits per heavy atom. The molecule has 1 aromatic rings. The molecule has 9 heteroatoms. The highest BCUT2D eigenvalue weighted by atomic mass is 32.2. The molecule has 17 heavy (non-hydrogen) atoms. The summed E-state index contributed by atoms with van der Waals surface area (Å²) in [6.07, 6.45) is 1.21. The van der Waals surface area contributed by atoms with Crippen LogP contribution in [0.5, 0.6) is 0 Å². The van der Waals surface area contributed by atoms with Crippen molar-refractivity contribution in [3.63, 3.8) is 0 Å². The highest BCUT2D eigenvalue weighted by Gasteiger charge is 2.27. The van der Waals surface area contributed by atoms with Gasteiger partial charge in [-0.25, -0.2) is 9.78 Å². The Morgan fingerprint density at radius 2 is 2.29 bits per heavy atom. The monoisotopic (exact) mass is 269 g/mol. The van der Waals surface area contributed by atoms with Crippen LogP contribution in [0.3, 0.4) is 0 Å². The molecule has 0 saturated carbocycles. The van der Waals surface area contributed by atoms with E-state index in [1.807, 2.05) is 0 Å². The fourth-order valence-electron chi connectivity index (χ4n) is 1.08. The first-order valence-electron chi connectivity index (χ1n) is 4.44. The molecule has 96 valence electrons.